The van der Waals surface area contributed by atoms with Crippen molar-refractivity contribution in [1.82, 2.24) is 0 Å². The van der Waals surface area contributed by atoms with E-state index in [1.807, 2.05) is 0 Å². The maximum absolute atomic E-state index is 11.8. The predicted molar refractivity (Wildman–Crippen MR) is 70.3 cm³/mol. The Bertz CT molecular complexity index is 461. The third-order valence-electron chi connectivity index (χ3n) is 2.65. The first-order chi connectivity index (χ1) is 9.29. The van der Waals surface area contributed by atoms with Crippen LogP contribution in [0, 0.1) is 6.92 Å². The quantitative estimate of drug-likeness (QED) is 0.625. The van der Waals surface area contributed by atoms with Crippen molar-refractivity contribution >= 4 is 17.3 Å². The molecule has 0 aliphatic rings. The summed E-state index contributed by atoms with van der Waals surface area (Å²) in [7, 11) is 0. The average molecular weight is 290 g/mol. The Balaban J connectivity index is 2.29. The number of halogens is 3. The predicted octanol–water partition coefficient (Wildman–Crippen LogP) is 2.87. The smallest absolute Gasteiger partial charge is 0.391 e. The molecule has 0 heterocycles. The normalized spacial score (nSPS) is 11.4. The molecule has 20 heavy (non-hydrogen) atoms. The SMILES string of the molecule is Cc1c(N)cccc1NC(=O)CCOCCC(F)(F)F. The number of carbonyl (C=O) groups is 1. The molecular weight excluding hydrogens is 273 g/mol. The summed E-state index contributed by atoms with van der Waals surface area (Å²) in [6.07, 6.45) is -5.25. The number of anilines is 2. The number of benzene rings is 1. The fourth-order valence-corrected chi connectivity index (χ4v) is 1.46. The Hall–Kier alpha value is -1.76. The molecule has 4 nitrogen and oxygen atoms in total. The number of nitrogens with one attached hydrogen (secondary N) is 1. The van der Waals surface area contributed by atoms with Gasteiger partial charge in [-0.2, -0.15) is 13.2 Å². The Kier molecular flexibility index (Phi) is 5.82. The van der Waals surface area contributed by atoms with E-state index in [0.717, 1.165) is 5.56 Å². The highest BCUT2D eigenvalue weighted by Crippen LogP contribution is 2.21. The number of rotatable bonds is 6. The zero-order valence-electron chi connectivity index (χ0n) is 11.1. The molecule has 0 saturated heterocycles. The van der Waals surface area contributed by atoms with E-state index in [2.05, 4.69) is 5.32 Å². The molecule has 1 aromatic carbocycles. The fourth-order valence-electron chi connectivity index (χ4n) is 1.46. The second-order valence-electron chi connectivity index (χ2n) is 4.30. The summed E-state index contributed by atoms with van der Waals surface area (Å²) in [5.74, 6) is -0.328. The number of carbonyl (C=O) groups excluding carboxylic acids is 1. The van der Waals surface area contributed by atoms with Gasteiger partial charge in [0.1, 0.15) is 0 Å². The number of hydrogen-bond acceptors (Lipinski definition) is 3. The Morgan fingerprint density at radius 2 is 2.05 bits per heavy atom. The van der Waals surface area contributed by atoms with Crippen molar-refractivity contribution in [3.05, 3.63) is 23.8 Å². The van der Waals surface area contributed by atoms with Gasteiger partial charge in [-0.3, -0.25) is 4.79 Å². The summed E-state index contributed by atoms with van der Waals surface area (Å²) in [5.41, 5.74) is 7.59. The standard InChI is InChI=1S/C13H17F3N2O2/c1-9-10(17)3-2-4-11(9)18-12(19)5-7-20-8-6-13(14,15)16/h2-4H,5-8,17H2,1H3,(H,18,19). The molecule has 112 valence electrons. The highest BCUT2D eigenvalue weighted by atomic mass is 19.4. The van der Waals surface area contributed by atoms with Crippen LogP contribution in [0.4, 0.5) is 24.5 Å². The van der Waals surface area contributed by atoms with Crippen LogP contribution >= 0.6 is 0 Å². The second-order valence-corrected chi connectivity index (χ2v) is 4.30. The molecule has 0 spiro atoms. The van der Waals surface area contributed by atoms with E-state index in [4.69, 9.17) is 10.5 Å². The van der Waals surface area contributed by atoms with Crippen LogP contribution in [-0.4, -0.2) is 25.3 Å². The maximum Gasteiger partial charge on any atom is 0.391 e. The molecular formula is C13H17F3N2O2. The van der Waals surface area contributed by atoms with E-state index in [9.17, 15) is 18.0 Å². The van der Waals surface area contributed by atoms with Gasteiger partial charge in [0.25, 0.3) is 0 Å². The van der Waals surface area contributed by atoms with E-state index < -0.39 is 19.2 Å². The summed E-state index contributed by atoms with van der Waals surface area (Å²) in [6, 6.07) is 5.12. The monoisotopic (exact) mass is 290 g/mol. The van der Waals surface area contributed by atoms with E-state index in [-0.39, 0.29) is 18.9 Å². The molecule has 0 aliphatic heterocycles. The summed E-state index contributed by atoms with van der Waals surface area (Å²) in [6.45, 7) is 1.28. The van der Waals surface area contributed by atoms with Gasteiger partial charge < -0.3 is 15.8 Å². The molecule has 0 bridgehead atoms. The van der Waals surface area contributed by atoms with Crippen LogP contribution < -0.4 is 11.1 Å². The fraction of sp³-hybridized carbons (Fsp3) is 0.462. The molecule has 0 saturated carbocycles. The lowest BCUT2D eigenvalue weighted by Crippen LogP contribution is -2.17. The van der Waals surface area contributed by atoms with Gasteiger partial charge >= 0.3 is 6.18 Å². The van der Waals surface area contributed by atoms with Gasteiger partial charge in [-0.15, -0.1) is 0 Å². The highest BCUT2D eigenvalue weighted by molar-refractivity contribution is 5.92. The van der Waals surface area contributed by atoms with Gasteiger partial charge in [0, 0.05) is 11.4 Å². The van der Waals surface area contributed by atoms with E-state index in [1.54, 1.807) is 25.1 Å². The van der Waals surface area contributed by atoms with Crippen LogP contribution in [0.25, 0.3) is 0 Å². The van der Waals surface area contributed by atoms with Crippen LogP contribution in [-0.2, 0) is 9.53 Å². The second kappa shape index (κ2) is 7.14. The zero-order chi connectivity index (χ0) is 15.2. The molecule has 0 radical (unpaired) electrons. The first kappa shape index (κ1) is 16.3. The van der Waals surface area contributed by atoms with Gasteiger partial charge in [-0.25, -0.2) is 0 Å². The van der Waals surface area contributed by atoms with Crippen molar-refractivity contribution in [3.63, 3.8) is 0 Å². The van der Waals surface area contributed by atoms with E-state index >= 15 is 0 Å². The molecule has 0 aromatic heterocycles. The van der Waals surface area contributed by atoms with Crippen molar-refractivity contribution in [1.29, 1.82) is 0 Å². The summed E-state index contributed by atoms with van der Waals surface area (Å²) < 4.78 is 40.3. The Labute approximate surface area is 115 Å². The van der Waals surface area contributed by atoms with Crippen LogP contribution in [0.1, 0.15) is 18.4 Å². The van der Waals surface area contributed by atoms with Gasteiger partial charge in [0.2, 0.25) is 5.91 Å². The number of nitrogens with two attached hydrogens (primary N) is 1. The molecule has 0 aliphatic carbocycles. The molecule has 1 rings (SSSR count). The highest BCUT2D eigenvalue weighted by Gasteiger charge is 2.26. The van der Waals surface area contributed by atoms with Crippen molar-refractivity contribution < 1.29 is 22.7 Å². The first-order valence-corrected chi connectivity index (χ1v) is 6.09. The molecule has 1 aromatic rings. The average Bonchev–Trinajstić information content (AvgIpc) is 2.33. The van der Waals surface area contributed by atoms with Crippen molar-refractivity contribution in [2.45, 2.75) is 25.9 Å². The van der Waals surface area contributed by atoms with Crippen LogP contribution in [0.3, 0.4) is 0 Å². The number of amides is 1. The number of alkyl halides is 3. The van der Waals surface area contributed by atoms with Gasteiger partial charge in [-0.1, -0.05) is 6.07 Å². The lowest BCUT2D eigenvalue weighted by molar-refractivity contribution is -0.145. The number of nitrogen functional groups attached to an aromatic ring is 1. The lowest BCUT2D eigenvalue weighted by Gasteiger charge is -2.10. The van der Waals surface area contributed by atoms with E-state index in [0.29, 0.717) is 11.4 Å². The summed E-state index contributed by atoms with van der Waals surface area (Å²) in [5, 5.41) is 2.64. The van der Waals surface area contributed by atoms with Gasteiger partial charge in [0.05, 0.1) is 26.1 Å². The van der Waals surface area contributed by atoms with Crippen LogP contribution in [0.2, 0.25) is 0 Å². The zero-order valence-corrected chi connectivity index (χ0v) is 11.1. The maximum atomic E-state index is 11.8. The summed E-state index contributed by atoms with van der Waals surface area (Å²) in [4.78, 5) is 11.6. The minimum absolute atomic E-state index is 0.00784. The largest absolute Gasteiger partial charge is 0.398 e. The van der Waals surface area contributed by atoms with Crippen LogP contribution in [0.15, 0.2) is 18.2 Å². The number of ether oxygens (including phenoxy) is 1. The van der Waals surface area contributed by atoms with Gasteiger partial charge in [-0.05, 0) is 24.6 Å². The minimum Gasteiger partial charge on any atom is -0.398 e. The Morgan fingerprint density at radius 3 is 2.70 bits per heavy atom. The lowest BCUT2D eigenvalue weighted by atomic mass is 10.1. The molecule has 7 heteroatoms. The van der Waals surface area contributed by atoms with Crippen molar-refractivity contribution in [2.75, 3.05) is 24.3 Å². The molecule has 0 unspecified atom stereocenters. The Morgan fingerprint density at radius 1 is 1.35 bits per heavy atom. The third kappa shape index (κ3) is 5.92. The van der Waals surface area contributed by atoms with Crippen molar-refractivity contribution in [2.24, 2.45) is 0 Å². The number of hydrogen-bond donors (Lipinski definition) is 2. The topological polar surface area (TPSA) is 64.3 Å². The van der Waals surface area contributed by atoms with E-state index in [1.165, 1.54) is 0 Å². The molecule has 0 fully saturated rings. The molecule has 3 N–H and O–H groups in total. The van der Waals surface area contributed by atoms with Crippen LogP contribution in [0.5, 0.6) is 0 Å². The molecule has 1 amide bonds. The third-order valence-corrected chi connectivity index (χ3v) is 2.65. The van der Waals surface area contributed by atoms with Gasteiger partial charge in [0.15, 0.2) is 0 Å². The minimum atomic E-state index is -4.24. The molecule has 0 atom stereocenters. The first-order valence-electron chi connectivity index (χ1n) is 6.09. The summed E-state index contributed by atoms with van der Waals surface area (Å²) >= 11 is 0. The van der Waals surface area contributed by atoms with Crippen molar-refractivity contribution in [3.8, 4) is 0 Å².